The molecule has 0 amide bonds. The minimum Gasteiger partial charge on any atom is -0.395 e. The molecule has 0 aliphatic rings. The van der Waals surface area contributed by atoms with Gasteiger partial charge in [0.15, 0.2) is 0 Å². The molecule has 0 saturated carbocycles. The molecule has 2 N–H and O–H groups in total. The van der Waals surface area contributed by atoms with Gasteiger partial charge in [0.05, 0.1) is 16.5 Å². The number of aliphatic hydroxyl groups is 1. The van der Waals surface area contributed by atoms with E-state index in [-0.39, 0.29) is 16.5 Å². The van der Waals surface area contributed by atoms with Crippen LogP contribution in [0, 0.1) is 5.82 Å². The van der Waals surface area contributed by atoms with Crippen molar-refractivity contribution >= 4 is 21.6 Å². The minimum absolute atomic E-state index is 0.129. The Morgan fingerprint density at radius 3 is 2.65 bits per heavy atom. The fourth-order valence-electron chi connectivity index (χ4n) is 1.18. The molecule has 0 aromatic heterocycles. The van der Waals surface area contributed by atoms with Crippen molar-refractivity contribution in [1.82, 2.24) is 4.72 Å². The molecule has 96 valence electrons. The number of aliphatic hydroxyl groups excluding tert-OH is 1. The molecule has 0 aliphatic heterocycles. The number of halogens is 2. The molecule has 4 nitrogen and oxygen atoms in total. The molecule has 7 heteroatoms. The fourth-order valence-corrected chi connectivity index (χ4v) is 2.76. The first-order valence-corrected chi connectivity index (χ1v) is 6.85. The Balaban J connectivity index is 3.01. The van der Waals surface area contributed by atoms with Gasteiger partial charge in [-0.1, -0.05) is 18.5 Å². The van der Waals surface area contributed by atoms with Gasteiger partial charge in [0, 0.05) is 6.04 Å². The standard InChI is InChI=1S/C10H13ClFNO3S/c1-2-7(6-14)13-17(15,16)8-3-4-10(12)9(11)5-8/h3-5,7,13-14H,2,6H2,1H3. The summed E-state index contributed by atoms with van der Waals surface area (Å²) >= 11 is 5.51. The molecule has 1 aromatic rings. The van der Waals surface area contributed by atoms with Crippen LogP contribution < -0.4 is 4.72 Å². The van der Waals surface area contributed by atoms with Crippen LogP contribution in [0.25, 0.3) is 0 Å². The van der Waals surface area contributed by atoms with Gasteiger partial charge in [-0.3, -0.25) is 0 Å². The first-order valence-electron chi connectivity index (χ1n) is 4.99. The molecular weight excluding hydrogens is 269 g/mol. The second kappa shape index (κ2) is 5.77. The van der Waals surface area contributed by atoms with Gasteiger partial charge < -0.3 is 5.11 Å². The lowest BCUT2D eigenvalue weighted by Crippen LogP contribution is -2.36. The summed E-state index contributed by atoms with van der Waals surface area (Å²) in [6.07, 6.45) is 0.449. The molecule has 0 spiro atoms. The summed E-state index contributed by atoms with van der Waals surface area (Å²) in [5.74, 6) is -0.681. The van der Waals surface area contributed by atoms with E-state index in [0.717, 1.165) is 18.2 Å². The smallest absolute Gasteiger partial charge is 0.240 e. The van der Waals surface area contributed by atoms with Crippen LogP contribution in [0.5, 0.6) is 0 Å². The average Bonchev–Trinajstić information content (AvgIpc) is 2.29. The summed E-state index contributed by atoms with van der Waals surface area (Å²) in [7, 11) is -3.78. The van der Waals surface area contributed by atoms with Crippen LogP contribution in [0.2, 0.25) is 5.02 Å². The Morgan fingerprint density at radius 1 is 1.53 bits per heavy atom. The van der Waals surface area contributed by atoms with E-state index >= 15 is 0 Å². The maximum atomic E-state index is 12.9. The van der Waals surface area contributed by atoms with E-state index in [4.69, 9.17) is 16.7 Å². The highest BCUT2D eigenvalue weighted by Crippen LogP contribution is 2.19. The minimum atomic E-state index is -3.78. The van der Waals surface area contributed by atoms with Gasteiger partial charge in [0.25, 0.3) is 0 Å². The van der Waals surface area contributed by atoms with Crippen LogP contribution in [-0.2, 0) is 10.0 Å². The maximum Gasteiger partial charge on any atom is 0.240 e. The topological polar surface area (TPSA) is 66.4 Å². The number of sulfonamides is 1. The van der Waals surface area contributed by atoms with E-state index in [0.29, 0.717) is 6.42 Å². The van der Waals surface area contributed by atoms with Crippen molar-refractivity contribution in [2.75, 3.05) is 6.61 Å². The number of rotatable bonds is 5. The highest BCUT2D eigenvalue weighted by molar-refractivity contribution is 7.89. The highest BCUT2D eigenvalue weighted by atomic mass is 35.5. The van der Waals surface area contributed by atoms with Crippen molar-refractivity contribution in [3.05, 3.63) is 29.0 Å². The monoisotopic (exact) mass is 281 g/mol. The van der Waals surface area contributed by atoms with Gasteiger partial charge >= 0.3 is 0 Å². The normalized spacial score (nSPS) is 13.6. The van der Waals surface area contributed by atoms with E-state index in [2.05, 4.69) is 4.72 Å². The third kappa shape index (κ3) is 3.64. The van der Waals surface area contributed by atoms with Crippen LogP contribution in [0.15, 0.2) is 23.1 Å². The highest BCUT2D eigenvalue weighted by Gasteiger charge is 2.19. The first kappa shape index (κ1) is 14.4. The van der Waals surface area contributed by atoms with Crippen molar-refractivity contribution in [2.24, 2.45) is 0 Å². The SMILES string of the molecule is CCC(CO)NS(=O)(=O)c1ccc(F)c(Cl)c1. The molecule has 1 atom stereocenters. The summed E-state index contributed by atoms with van der Waals surface area (Å²) in [5.41, 5.74) is 0. The van der Waals surface area contributed by atoms with Gasteiger partial charge in [-0.2, -0.15) is 0 Å². The Kier molecular flexibility index (Phi) is 4.88. The second-order valence-electron chi connectivity index (χ2n) is 3.48. The summed E-state index contributed by atoms with van der Waals surface area (Å²) < 4.78 is 38.8. The zero-order valence-corrected chi connectivity index (χ0v) is 10.7. The third-order valence-electron chi connectivity index (χ3n) is 2.24. The Morgan fingerprint density at radius 2 is 2.18 bits per heavy atom. The Hall–Kier alpha value is -0.690. The van der Waals surface area contributed by atoms with Crippen molar-refractivity contribution in [1.29, 1.82) is 0 Å². The molecule has 1 unspecified atom stereocenters. The van der Waals surface area contributed by atoms with Crippen LogP contribution in [0.1, 0.15) is 13.3 Å². The number of hydrogen-bond acceptors (Lipinski definition) is 3. The molecule has 0 aliphatic carbocycles. The van der Waals surface area contributed by atoms with Crippen LogP contribution in [-0.4, -0.2) is 26.2 Å². The molecule has 0 saturated heterocycles. The fraction of sp³-hybridized carbons (Fsp3) is 0.400. The quantitative estimate of drug-likeness (QED) is 0.860. The average molecular weight is 282 g/mol. The summed E-state index contributed by atoms with van der Waals surface area (Å²) in [6, 6.07) is 2.57. The van der Waals surface area contributed by atoms with Gasteiger partial charge in [-0.05, 0) is 24.6 Å². The van der Waals surface area contributed by atoms with Crippen molar-refractivity contribution in [2.45, 2.75) is 24.3 Å². The maximum absolute atomic E-state index is 12.9. The van der Waals surface area contributed by atoms with Gasteiger partial charge in [0.1, 0.15) is 5.82 Å². The van der Waals surface area contributed by atoms with Crippen LogP contribution in [0.3, 0.4) is 0 Å². The predicted octanol–water partition coefficient (Wildman–Crippen LogP) is 1.53. The molecular formula is C10H13ClFNO3S. The summed E-state index contributed by atoms with van der Waals surface area (Å²) in [6.45, 7) is 1.44. The van der Waals surface area contributed by atoms with Crippen LogP contribution >= 0.6 is 11.6 Å². The molecule has 17 heavy (non-hydrogen) atoms. The van der Waals surface area contributed by atoms with Crippen molar-refractivity contribution < 1.29 is 17.9 Å². The summed E-state index contributed by atoms with van der Waals surface area (Å²) in [4.78, 5) is -0.129. The van der Waals surface area contributed by atoms with E-state index in [1.165, 1.54) is 0 Å². The lowest BCUT2D eigenvalue weighted by atomic mass is 10.3. The third-order valence-corrected chi connectivity index (χ3v) is 4.04. The molecule has 1 rings (SSSR count). The van der Waals surface area contributed by atoms with E-state index < -0.39 is 21.9 Å². The lowest BCUT2D eigenvalue weighted by molar-refractivity contribution is 0.254. The Bertz CT molecular complexity index is 488. The summed E-state index contributed by atoms with van der Waals surface area (Å²) in [5, 5.41) is 8.66. The molecule has 1 aromatic carbocycles. The lowest BCUT2D eigenvalue weighted by Gasteiger charge is -2.14. The van der Waals surface area contributed by atoms with Crippen LogP contribution in [0.4, 0.5) is 4.39 Å². The van der Waals surface area contributed by atoms with Crippen molar-refractivity contribution in [3.63, 3.8) is 0 Å². The zero-order chi connectivity index (χ0) is 13.1. The molecule has 0 radical (unpaired) electrons. The first-order chi connectivity index (χ1) is 7.90. The predicted molar refractivity (Wildman–Crippen MR) is 62.9 cm³/mol. The number of hydrogen-bond donors (Lipinski definition) is 2. The number of nitrogens with one attached hydrogen (secondary N) is 1. The van der Waals surface area contributed by atoms with Gasteiger partial charge in [-0.25, -0.2) is 17.5 Å². The van der Waals surface area contributed by atoms with Gasteiger partial charge in [-0.15, -0.1) is 0 Å². The molecule has 0 fully saturated rings. The van der Waals surface area contributed by atoms with E-state index in [1.54, 1.807) is 6.92 Å². The van der Waals surface area contributed by atoms with Gasteiger partial charge in [0.2, 0.25) is 10.0 Å². The molecule has 0 heterocycles. The number of benzene rings is 1. The largest absolute Gasteiger partial charge is 0.395 e. The van der Waals surface area contributed by atoms with Crippen molar-refractivity contribution in [3.8, 4) is 0 Å². The van der Waals surface area contributed by atoms with E-state index in [9.17, 15) is 12.8 Å². The second-order valence-corrected chi connectivity index (χ2v) is 5.61. The zero-order valence-electron chi connectivity index (χ0n) is 9.15. The van der Waals surface area contributed by atoms with E-state index in [1.807, 2.05) is 0 Å². The molecule has 0 bridgehead atoms. The Labute approximate surface area is 104 Å².